The van der Waals surface area contributed by atoms with E-state index in [-0.39, 0.29) is 30.0 Å². The fourth-order valence-corrected chi connectivity index (χ4v) is 1.62. The molecule has 1 rings (SSSR count). The molecule has 1 aromatic carbocycles. The van der Waals surface area contributed by atoms with Crippen LogP contribution in [0, 0.1) is 5.92 Å². The van der Waals surface area contributed by atoms with Gasteiger partial charge in [-0.1, -0.05) is 22.9 Å². The standard InChI is InChI=1S/C11H15BrN2O2.ClH/c1-7(6-13-2)11(16)14-9-5-8(12)3-4-10(9)15;/h3-5,7,13,15H,6H2,1-2H3,(H,14,16);1H. The van der Waals surface area contributed by atoms with Crippen LogP contribution in [0.5, 0.6) is 5.75 Å². The third-order valence-corrected chi connectivity index (χ3v) is 2.67. The fraction of sp³-hybridized carbons (Fsp3) is 0.364. The molecule has 1 aromatic rings. The Morgan fingerprint density at radius 3 is 2.76 bits per heavy atom. The van der Waals surface area contributed by atoms with Crippen LogP contribution in [0.1, 0.15) is 6.92 Å². The van der Waals surface area contributed by atoms with Crippen LogP contribution >= 0.6 is 28.3 Å². The smallest absolute Gasteiger partial charge is 0.228 e. The Labute approximate surface area is 115 Å². The lowest BCUT2D eigenvalue weighted by Gasteiger charge is -2.12. The van der Waals surface area contributed by atoms with E-state index in [1.807, 2.05) is 6.92 Å². The van der Waals surface area contributed by atoms with Gasteiger partial charge in [0.2, 0.25) is 5.91 Å². The van der Waals surface area contributed by atoms with Gasteiger partial charge in [0.25, 0.3) is 0 Å². The zero-order chi connectivity index (χ0) is 12.1. The number of nitrogens with one attached hydrogen (secondary N) is 2. The van der Waals surface area contributed by atoms with Crippen molar-refractivity contribution in [1.82, 2.24) is 5.32 Å². The maximum Gasteiger partial charge on any atom is 0.228 e. The van der Waals surface area contributed by atoms with Crippen molar-refractivity contribution < 1.29 is 9.90 Å². The molecule has 0 heterocycles. The summed E-state index contributed by atoms with van der Waals surface area (Å²) in [5.74, 6) is -0.209. The van der Waals surface area contributed by atoms with Gasteiger partial charge >= 0.3 is 0 Å². The molecule has 0 spiro atoms. The van der Waals surface area contributed by atoms with Crippen molar-refractivity contribution in [2.75, 3.05) is 18.9 Å². The quantitative estimate of drug-likeness (QED) is 0.746. The topological polar surface area (TPSA) is 61.4 Å². The van der Waals surface area contributed by atoms with E-state index >= 15 is 0 Å². The van der Waals surface area contributed by atoms with Gasteiger partial charge in [-0.05, 0) is 25.2 Å². The Kier molecular flexibility index (Phi) is 7.18. The molecule has 0 aliphatic carbocycles. The Hall–Kier alpha value is -0.780. The Bertz CT molecular complexity index is 388. The molecular weight excluding hydrogens is 307 g/mol. The van der Waals surface area contributed by atoms with Gasteiger partial charge in [0, 0.05) is 16.9 Å². The van der Waals surface area contributed by atoms with Crippen LogP contribution in [0.4, 0.5) is 5.69 Å². The minimum Gasteiger partial charge on any atom is -0.506 e. The van der Waals surface area contributed by atoms with Crippen LogP contribution in [-0.2, 0) is 4.79 Å². The lowest BCUT2D eigenvalue weighted by Crippen LogP contribution is -2.28. The number of carbonyl (C=O) groups is 1. The van der Waals surface area contributed by atoms with Crippen LogP contribution < -0.4 is 10.6 Å². The lowest BCUT2D eigenvalue weighted by atomic mass is 10.1. The van der Waals surface area contributed by atoms with Crippen molar-refractivity contribution in [1.29, 1.82) is 0 Å². The second-order valence-corrected chi connectivity index (χ2v) is 4.53. The molecule has 0 aliphatic rings. The number of anilines is 1. The molecule has 1 unspecified atom stereocenters. The number of hydrogen-bond donors (Lipinski definition) is 3. The molecule has 0 saturated carbocycles. The van der Waals surface area contributed by atoms with E-state index in [2.05, 4.69) is 26.6 Å². The van der Waals surface area contributed by atoms with E-state index in [0.717, 1.165) is 4.47 Å². The third kappa shape index (κ3) is 4.93. The maximum absolute atomic E-state index is 11.7. The number of carbonyl (C=O) groups excluding carboxylic acids is 1. The van der Waals surface area contributed by atoms with Crippen molar-refractivity contribution in [2.24, 2.45) is 5.92 Å². The number of rotatable bonds is 4. The number of benzene rings is 1. The van der Waals surface area contributed by atoms with Crippen LogP contribution in [0.2, 0.25) is 0 Å². The highest BCUT2D eigenvalue weighted by molar-refractivity contribution is 9.10. The van der Waals surface area contributed by atoms with E-state index in [1.54, 1.807) is 19.2 Å². The van der Waals surface area contributed by atoms with E-state index in [4.69, 9.17) is 0 Å². The van der Waals surface area contributed by atoms with Crippen LogP contribution in [0.15, 0.2) is 22.7 Å². The summed E-state index contributed by atoms with van der Waals surface area (Å²) < 4.78 is 0.807. The molecule has 17 heavy (non-hydrogen) atoms. The monoisotopic (exact) mass is 322 g/mol. The molecule has 0 aromatic heterocycles. The molecule has 6 heteroatoms. The van der Waals surface area contributed by atoms with E-state index in [1.165, 1.54) is 6.07 Å². The van der Waals surface area contributed by atoms with Gasteiger partial charge in [-0.25, -0.2) is 0 Å². The Morgan fingerprint density at radius 2 is 2.18 bits per heavy atom. The Morgan fingerprint density at radius 1 is 1.53 bits per heavy atom. The maximum atomic E-state index is 11.7. The summed E-state index contributed by atoms with van der Waals surface area (Å²) in [6, 6.07) is 4.91. The fourth-order valence-electron chi connectivity index (χ4n) is 1.26. The first-order valence-electron chi connectivity index (χ1n) is 4.98. The summed E-state index contributed by atoms with van der Waals surface area (Å²) in [5, 5.41) is 15.1. The largest absolute Gasteiger partial charge is 0.506 e. The normalized spacial score (nSPS) is 11.5. The summed E-state index contributed by atoms with van der Waals surface area (Å²) in [7, 11) is 1.79. The first kappa shape index (κ1) is 16.2. The first-order valence-corrected chi connectivity index (χ1v) is 5.78. The Balaban J connectivity index is 0.00000256. The molecule has 1 atom stereocenters. The molecule has 1 amide bonds. The molecule has 0 aliphatic heterocycles. The summed E-state index contributed by atoms with van der Waals surface area (Å²) in [6.07, 6.45) is 0. The van der Waals surface area contributed by atoms with E-state index in [0.29, 0.717) is 12.2 Å². The van der Waals surface area contributed by atoms with Crippen molar-refractivity contribution in [3.63, 3.8) is 0 Å². The number of phenols is 1. The molecule has 0 saturated heterocycles. The van der Waals surface area contributed by atoms with Gasteiger partial charge in [-0.2, -0.15) is 0 Å². The van der Waals surface area contributed by atoms with Gasteiger partial charge in [-0.15, -0.1) is 12.4 Å². The summed E-state index contributed by atoms with van der Waals surface area (Å²) in [5.41, 5.74) is 0.419. The predicted octanol–water partition coefficient (Wildman–Crippen LogP) is 2.37. The average Bonchev–Trinajstić information content (AvgIpc) is 2.23. The van der Waals surface area contributed by atoms with Crippen LogP contribution in [0.3, 0.4) is 0 Å². The number of hydrogen-bond acceptors (Lipinski definition) is 3. The minimum atomic E-state index is -0.150. The number of halogens is 2. The second-order valence-electron chi connectivity index (χ2n) is 3.61. The van der Waals surface area contributed by atoms with E-state index < -0.39 is 0 Å². The minimum absolute atomic E-state index is 0. The zero-order valence-corrected chi connectivity index (χ0v) is 12.1. The molecule has 3 N–H and O–H groups in total. The van der Waals surface area contributed by atoms with Gasteiger partial charge in [0.1, 0.15) is 5.75 Å². The highest BCUT2D eigenvalue weighted by atomic mass is 79.9. The molecule has 0 fully saturated rings. The van der Waals surface area contributed by atoms with Crippen molar-refractivity contribution >= 4 is 39.9 Å². The van der Waals surface area contributed by atoms with Crippen LogP contribution in [0.25, 0.3) is 0 Å². The van der Waals surface area contributed by atoms with Gasteiger partial charge in [0.05, 0.1) is 5.69 Å². The summed E-state index contributed by atoms with van der Waals surface area (Å²) >= 11 is 3.28. The average molecular weight is 324 g/mol. The second kappa shape index (κ2) is 7.53. The lowest BCUT2D eigenvalue weighted by molar-refractivity contribution is -0.119. The van der Waals surface area contributed by atoms with Gasteiger partial charge in [-0.3, -0.25) is 4.79 Å². The van der Waals surface area contributed by atoms with E-state index in [9.17, 15) is 9.90 Å². The third-order valence-electron chi connectivity index (χ3n) is 2.17. The molecule has 0 radical (unpaired) electrons. The molecule has 96 valence electrons. The molecular formula is C11H16BrClN2O2. The summed E-state index contributed by atoms with van der Waals surface area (Å²) in [6.45, 7) is 2.42. The zero-order valence-electron chi connectivity index (χ0n) is 9.66. The summed E-state index contributed by atoms with van der Waals surface area (Å²) in [4.78, 5) is 11.7. The molecule has 4 nitrogen and oxygen atoms in total. The predicted molar refractivity (Wildman–Crippen MR) is 74.8 cm³/mol. The number of aromatic hydroxyl groups is 1. The SMILES string of the molecule is CNCC(C)C(=O)Nc1cc(Br)ccc1O.Cl. The van der Waals surface area contributed by atoms with Crippen molar-refractivity contribution in [2.45, 2.75) is 6.92 Å². The van der Waals surface area contributed by atoms with Crippen LogP contribution in [-0.4, -0.2) is 24.6 Å². The van der Waals surface area contributed by atoms with Crippen molar-refractivity contribution in [3.05, 3.63) is 22.7 Å². The number of phenolic OH excluding ortho intramolecular Hbond substituents is 1. The highest BCUT2D eigenvalue weighted by Crippen LogP contribution is 2.27. The first-order chi connectivity index (χ1) is 7.54. The highest BCUT2D eigenvalue weighted by Gasteiger charge is 2.13. The molecule has 0 bridgehead atoms. The van der Waals surface area contributed by atoms with Gasteiger partial charge < -0.3 is 15.7 Å². The van der Waals surface area contributed by atoms with Gasteiger partial charge in [0.15, 0.2) is 0 Å². The van der Waals surface area contributed by atoms with Crippen molar-refractivity contribution in [3.8, 4) is 5.75 Å². The number of amides is 1.